The van der Waals surface area contributed by atoms with Crippen LogP contribution in [0.3, 0.4) is 0 Å². The van der Waals surface area contributed by atoms with Crippen LogP contribution in [0, 0.1) is 0 Å². The fraction of sp³-hybridized carbons (Fsp3) is 0.400. The Morgan fingerprint density at radius 2 is 2.24 bits per heavy atom. The molecule has 0 saturated heterocycles. The third-order valence-electron chi connectivity index (χ3n) is 2.05. The van der Waals surface area contributed by atoms with Gasteiger partial charge in [0.1, 0.15) is 5.56 Å². The molecular weight excluding hydrogens is 234 g/mol. The molecule has 17 heavy (non-hydrogen) atoms. The van der Waals surface area contributed by atoms with E-state index in [-0.39, 0.29) is 24.4 Å². The molecule has 94 valence electrons. The van der Waals surface area contributed by atoms with Crippen molar-refractivity contribution in [1.29, 1.82) is 0 Å². The molecule has 0 aliphatic rings. The van der Waals surface area contributed by atoms with Gasteiger partial charge in [0.15, 0.2) is 5.43 Å². The van der Waals surface area contributed by atoms with Crippen molar-refractivity contribution in [3.05, 3.63) is 33.2 Å². The van der Waals surface area contributed by atoms with E-state index >= 15 is 0 Å². The summed E-state index contributed by atoms with van der Waals surface area (Å²) < 4.78 is 29.5. The lowest BCUT2D eigenvalue weighted by atomic mass is 10.1. The van der Waals surface area contributed by atoms with Gasteiger partial charge in [-0.15, -0.1) is 0 Å². The standard InChI is InChI=1S/C10H12F2N2O3/c1-2-17-10(16)8-6(4-13)14-5(9(11)12)3-7(8)15/h3,9H,2,4,13H2,1H3,(H,14,15). The Labute approximate surface area is 95.6 Å². The molecule has 0 aliphatic heterocycles. The molecule has 3 N–H and O–H groups in total. The van der Waals surface area contributed by atoms with Crippen LogP contribution in [0.25, 0.3) is 0 Å². The van der Waals surface area contributed by atoms with Gasteiger partial charge in [-0.3, -0.25) is 4.79 Å². The number of aromatic amines is 1. The lowest BCUT2D eigenvalue weighted by Gasteiger charge is -2.09. The second-order valence-electron chi connectivity index (χ2n) is 3.17. The molecule has 0 aliphatic carbocycles. The van der Waals surface area contributed by atoms with Crippen LogP contribution in [0.15, 0.2) is 10.9 Å². The molecule has 1 aromatic heterocycles. The van der Waals surface area contributed by atoms with Gasteiger partial charge in [-0.2, -0.15) is 0 Å². The summed E-state index contributed by atoms with van der Waals surface area (Å²) in [4.78, 5) is 25.2. The van der Waals surface area contributed by atoms with E-state index in [0.29, 0.717) is 6.07 Å². The molecule has 0 amide bonds. The van der Waals surface area contributed by atoms with Gasteiger partial charge < -0.3 is 15.5 Å². The second-order valence-corrected chi connectivity index (χ2v) is 3.17. The fourth-order valence-electron chi connectivity index (χ4n) is 1.33. The van der Waals surface area contributed by atoms with Crippen LogP contribution < -0.4 is 11.2 Å². The average Bonchev–Trinajstić information content (AvgIpc) is 2.27. The van der Waals surface area contributed by atoms with Crippen LogP contribution in [0.1, 0.15) is 35.1 Å². The number of pyridine rings is 1. The number of nitrogens with two attached hydrogens (primary N) is 1. The smallest absolute Gasteiger partial charge is 0.343 e. The van der Waals surface area contributed by atoms with E-state index < -0.39 is 23.5 Å². The monoisotopic (exact) mass is 246 g/mol. The lowest BCUT2D eigenvalue weighted by Crippen LogP contribution is -2.23. The molecule has 5 nitrogen and oxygen atoms in total. The quantitative estimate of drug-likeness (QED) is 0.774. The third-order valence-corrected chi connectivity index (χ3v) is 2.05. The van der Waals surface area contributed by atoms with Crippen LogP contribution in [0.5, 0.6) is 0 Å². The number of esters is 1. The molecule has 0 spiro atoms. The molecule has 0 radical (unpaired) electrons. The van der Waals surface area contributed by atoms with Crippen molar-refractivity contribution >= 4 is 5.97 Å². The van der Waals surface area contributed by atoms with E-state index in [4.69, 9.17) is 5.73 Å². The van der Waals surface area contributed by atoms with Crippen molar-refractivity contribution in [2.45, 2.75) is 19.9 Å². The molecule has 0 unspecified atom stereocenters. The number of halogens is 2. The molecule has 0 saturated carbocycles. The topological polar surface area (TPSA) is 85.2 Å². The van der Waals surface area contributed by atoms with E-state index in [1.54, 1.807) is 6.92 Å². The lowest BCUT2D eigenvalue weighted by molar-refractivity contribution is 0.0522. The minimum atomic E-state index is -2.83. The van der Waals surface area contributed by atoms with E-state index in [9.17, 15) is 18.4 Å². The number of ether oxygens (including phenoxy) is 1. The first-order chi connectivity index (χ1) is 8.01. The van der Waals surface area contributed by atoms with Crippen molar-refractivity contribution in [3.8, 4) is 0 Å². The molecule has 1 rings (SSSR count). The third kappa shape index (κ3) is 2.88. The summed E-state index contributed by atoms with van der Waals surface area (Å²) in [5.41, 5.74) is 3.54. The fourth-order valence-corrected chi connectivity index (χ4v) is 1.33. The normalized spacial score (nSPS) is 10.6. The Kier molecular flexibility index (Phi) is 4.33. The summed E-state index contributed by atoms with van der Waals surface area (Å²) >= 11 is 0. The molecular formula is C10H12F2N2O3. The number of carbonyl (C=O) groups is 1. The van der Waals surface area contributed by atoms with E-state index in [0.717, 1.165) is 0 Å². The summed E-state index contributed by atoms with van der Waals surface area (Å²) in [6.45, 7) is 1.42. The van der Waals surface area contributed by atoms with Crippen LogP contribution in [-0.4, -0.2) is 17.6 Å². The number of hydrogen-bond acceptors (Lipinski definition) is 4. The highest BCUT2D eigenvalue weighted by Gasteiger charge is 2.20. The Hall–Kier alpha value is -1.76. The highest BCUT2D eigenvalue weighted by Crippen LogP contribution is 2.16. The number of rotatable bonds is 4. The number of hydrogen-bond donors (Lipinski definition) is 2. The molecule has 0 bridgehead atoms. The van der Waals surface area contributed by atoms with Gasteiger partial charge >= 0.3 is 5.97 Å². The SMILES string of the molecule is CCOC(=O)c1c(CN)[nH]c(C(F)F)cc1=O. The second kappa shape index (κ2) is 5.53. The Morgan fingerprint density at radius 1 is 1.59 bits per heavy atom. The summed E-state index contributed by atoms with van der Waals surface area (Å²) in [6.07, 6.45) is -2.83. The Morgan fingerprint density at radius 3 is 2.71 bits per heavy atom. The zero-order valence-electron chi connectivity index (χ0n) is 9.13. The zero-order chi connectivity index (χ0) is 13.0. The first-order valence-corrected chi connectivity index (χ1v) is 4.92. The van der Waals surface area contributed by atoms with Gasteiger partial charge in [-0.05, 0) is 6.92 Å². The summed E-state index contributed by atoms with van der Waals surface area (Å²) in [7, 11) is 0. The van der Waals surface area contributed by atoms with Gasteiger partial charge in [-0.25, -0.2) is 13.6 Å². The van der Waals surface area contributed by atoms with Crippen molar-refractivity contribution < 1.29 is 18.3 Å². The maximum atomic E-state index is 12.4. The average molecular weight is 246 g/mol. The maximum absolute atomic E-state index is 12.4. The summed E-state index contributed by atoms with van der Waals surface area (Å²) in [5.74, 6) is -0.866. The summed E-state index contributed by atoms with van der Waals surface area (Å²) in [5, 5.41) is 0. The van der Waals surface area contributed by atoms with Crippen LogP contribution in [0.2, 0.25) is 0 Å². The summed E-state index contributed by atoms with van der Waals surface area (Å²) in [6, 6.07) is 0.677. The zero-order valence-corrected chi connectivity index (χ0v) is 9.13. The van der Waals surface area contributed by atoms with E-state index in [2.05, 4.69) is 9.72 Å². The van der Waals surface area contributed by atoms with Crippen LogP contribution in [0.4, 0.5) is 8.78 Å². The number of H-pyrrole nitrogens is 1. The number of nitrogens with one attached hydrogen (secondary N) is 1. The minimum Gasteiger partial charge on any atom is -0.462 e. The highest BCUT2D eigenvalue weighted by atomic mass is 19.3. The molecule has 1 aromatic rings. The Balaban J connectivity index is 3.31. The number of aromatic nitrogens is 1. The molecule has 0 atom stereocenters. The predicted octanol–water partition coefficient (Wildman–Crippen LogP) is 0.948. The predicted molar refractivity (Wildman–Crippen MR) is 55.9 cm³/mol. The van der Waals surface area contributed by atoms with Gasteiger partial charge in [-0.1, -0.05) is 0 Å². The number of carbonyl (C=O) groups excluding carboxylic acids is 1. The largest absolute Gasteiger partial charge is 0.462 e. The Bertz CT molecular complexity index is 471. The van der Waals surface area contributed by atoms with Crippen molar-refractivity contribution in [2.24, 2.45) is 5.73 Å². The number of alkyl halides is 2. The molecule has 1 heterocycles. The molecule has 0 fully saturated rings. The van der Waals surface area contributed by atoms with E-state index in [1.165, 1.54) is 0 Å². The molecule has 7 heteroatoms. The van der Waals surface area contributed by atoms with Crippen LogP contribution >= 0.6 is 0 Å². The first-order valence-electron chi connectivity index (χ1n) is 4.92. The first kappa shape index (κ1) is 13.3. The van der Waals surface area contributed by atoms with Gasteiger partial charge in [0.2, 0.25) is 0 Å². The molecule has 0 aromatic carbocycles. The van der Waals surface area contributed by atoms with Crippen molar-refractivity contribution in [1.82, 2.24) is 4.98 Å². The van der Waals surface area contributed by atoms with Crippen molar-refractivity contribution in [3.63, 3.8) is 0 Å². The van der Waals surface area contributed by atoms with E-state index in [1.807, 2.05) is 0 Å². The van der Waals surface area contributed by atoms with Crippen LogP contribution in [-0.2, 0) is 11.3 Å². The highest BCUT2D eigenvalue weighted by molar-refractivity contribution is 5.90. The van der Waals surface area contributed by atoms with Gasteiger partial charge in [0.05, 0.1) is 12.3 Å². The van der Waals surface area contributed by atoms with Gasteiger partial charge in [0.25, 0.3) is 6.43 Å². The van der Waals surface area contributed by atoms with Gasteiger partial charge in [0, 0.05) is 18.3 Å². The minimum absolute atomic E-state index is 0.0498. The van der Waals surface area contributed by atoms with Crippen molar-refractivity contribution in [2.75, 3.05) is 6.61 Å². The maximum Gasteiger partial charge on any atom is 0.343 e.